The molecule has 0 aromatic heterocycles. The summed E-state index contributed by atoms with van der Waals surface area (Å²) >= 11 is 0. The highest BCUT2D eigenvalue weighted by Gasteiger charge is 2.26. The van der Waals surface area contributed by atoms with Gasteiger partial charge < -0.3 is 10.5 Å². The van der Waals surface area contributed by atoms with Crippen LogP contribution in [0.2, 0.25) is 0 Å². The van der Waals surface area contributed by atoms with Gasteiger partial charge in [0, 0.05) is 12.6 Å². The summed E-state index contributed by atoms with van der Waals surface area (Å²) < 4.78 is 20.0. The number of carbonyl (C=O) groups excluding carboxylic acids is 1. The Morgan fingerprint density at radius 3 is 2.48 bits per heavy atom. The number of halogens is 1. The van der Waals surface area contributed by atoms with E-state index in [0.717, 1.165) is 13.1 Å². The molecule has 0 spiro atoms. The van der Waals surface area contributed by atoms with Gasteiger partial charge in [0.2, 0.25) is 0 Å². The molecule has 1 fully saturated rings. The van der Waals surface area contributed by atoms with E-state index in [2.05, 4.69) is 36.9 Å². The first-order valence-corrected chi connectivity index (χ1v) is 10.6. The topological polar surface area (TPSA) is 55.6 Å². The minimum Gasteiger partial charge on any atom is -0.454 e. The molecule has 0 bridgehead atoms. The molecule has 1 amide bonds. The van der Waals surface area contributed by atoms with Crippen molar-refractivity contribution in [3.05, 3.63) is 94.3 Å². The zero-order valence-electron chi connectivity index (χ0n) is 17.9. The van der Waals surface area contributed by atoms with Crippen molar-refractivity contribution in [3.8, 4) is 11.5 Å². The van der Waals surface area contributed by atoms with Gasteiger partial charge in [-0.1, -0.05) is 47.5 Å². The molecule has 5 heteroatoms. The van der Waals surface area contributed by atoms with Gasteiger partial charge in [-0.3, -0.25) is 9.69 Å². The van der Waals surface area contributed by atoms with E-state index in [1.165, 1.54) is 47.2 Å². The normalized spacial score (nSPS) is 16.4. The number of amides is 1. The number of rotatable bonds is 6. The number of primary amides is 1. The molecule has 0 saturated carbocycles. The van der Waals surface area contributed by atoms with Gasteiger partial charge >= 0.3 is 0 Å². The number of aryl methyl sites for hydroxylation is 2. The molecule has 1 saturated heterocycles. The van der Waals surface area contributed by atoms with Crippen LogP contribution in [0.3, 0.4) is 0 Å². The van der Waals surface area contributed by atoms with Gasteiger partial charge in [0.05, 0.1) is 5.56 Å². The van der Waals surface area contributed by atoms with Gasteiger partial charge in [0.15, 0.2) is 11.6 Å². The second kappa shape index (κ2) is 8.90. The fourth-order valence-electron chi connectivity index (χ4n) is 4.40. The van der Waals surface area contributed by atoms with Crippen LogP contribution in [0.5, 0.6) is 11.5 Å². The summed E-state index contributed by atoms with van der Waals surface area (Å²) in [6.07, 6.45) is 2.36. The Balaban J connectivity index is 1.46. The first-order chi connectivity index (χ1) is 14.9. The number of benzene rings is 3. The number of hydrogen-bond acceptors (Lipinski definition) is 3. The lowest BCUT2D eigenvalue weighted by atomic mass is 9.99. The summed E-state index contributed by atoms with van der Waals surface area (Å²) in [7, 11) is 0. The van der Waals surface area contributed by atoms with E-state index in [1.807, 2.05) is 24.3 Å². The highest BCUT2D eigenvalue weighted by atomic mass is 19.1. The van der Waals surface area contributed by atoms with E-state index in [0.29, 0.717) is 11.8 Å². The molecule has 1 aliphatic heterocycles. The zero-order valence-corrected chi connectivity index (χ0v) is 17.9. The largest absolute Gasteiger partial charge is 0.454 e. The maximum atomic E-state index is 14.4. The molecule has 1 aliphatic rings. The second-order valence-electron chi connectivity index (χ2n) is 8.28. The summed E-state index contributed by atoms with van der Waals surface area (Å²) in [5, 5.41) is 0. The molecule has 4 nitrogen and oxygen atoms in total. The third-order valence-corrected chi connectivity index (χ3v) is 5.76. The van der Waals surface area contributed by atoms with Gasteiger partial charge in [-0.05, 0) is 68.6 Å². The van der Waals surface area contributed by atoms with Crippen molar-refractivity contribution in [1.29, 1.82) is 0 Å². The maximum absolute atomic E-state index is 14.4. The van der Waals surface area contributed by atoms with E-state index in [9.17, 15) is 9.18 Å². The van der Waals surface area contributed by atoms with Crippen LogP contribution < -0.4 is 10.5 Å². The van der Waals surface area contributed by atoms with E-state index in [1.54, 1.807) is 6.07 Å². The number of carbonyl (C=O) groups is 1. The van der Waals surface area contributed by atoms with E-state index >= 15 is 0 Å². The lowest BCUT2D eigenvalue weighted by molar-refractivity contribution is 0.0996. The SMILES string of the molecule is Cc1cc(C)cc(C2CCCN2Cc2ccc(Oc3cccc(C(N)=O)c3F)cc2)c1. The summed E-state index contributed by atoms with van der Waals surface area (Å²) in [4.78, 5) is 13.8. The van der Waals surface area contributed by atoms with Gasteiger partial charge in [-0.2, -0.15) is 0 Å². The average Bonchev–Trinajstić information content (AvgIpc) is 3.18. The summed E-state index contributed by atoms with van der Waals surface area (Å²) in [5.74, 6) is -1.07. The molecule has 1 atom stereocenters. The molecule has 3 aromatic rings. The lowest BCUT2D eigenvalue weighted by Crippen LogP contribution is -2.22. The molecular weight excluding hydrogens is 391 g/mol. The zero-order chi connectivity index (χ0) is 22.0. The van der Waals surface area contributed by atoms with Crippen molar-refractivity contribution in [3.63, 3.8) is 0 Å². The highest BCUT2D eigenvalue weighted by molar-refractivity contribution is 5.93. The Labute approximate surface area is 182 Å². The van der Waals surface area contributed by atoms with Crippen molar-refractivity contribution in [2.75, 3.05) is 6.54 Å². The van der Waals surface area contributed by atoms with Gasteiger partial charge in [0.25, 0.3) is 5.91 Å². The highest BCUT2D eigenvalue weighted by Crippen LogP contribution is 2.34. The Morgan fingerprint density at radius 1 is 1.10 bits per heavy atom. The Morgan fingerprint density at radius 2 is 1.81 bits per heavy atom. The second-order valence-corrected chi connectivity index (χ2v) is 8.28. The van der Waals surface area contributed by atoms with Crippen LogP contribution in [0.15, 0.2) is 60.7 Å². The number of hydrogen-bond donors (Lipinski definition) is 1. The van der Waals surface area contributed by atoms with Gasteiger partial charge in [-0.25, -0.2) is 4.39 Å². The van der Waals surface area contributed by atoms with Crippen LogP contribution in [-0.2, 0) is 6.54 Å². The van der Waals surface area contributed by atoms with E-state index in [4.69, 9.17) is 10.5 Å². The molecule has 0 aliphatic carbocycles. The fourth-order valence-corrected chi connectivity index (χ4v) is 4.40. The number of nitrogens with two attached hydrogens (primary N) is 1. The molecular formula is C26H27FN2O2. The minimum atomic E-state index is -0.817. The lowest BCUT2D eigenvalue weighted by Gasteiger charge is -2.25. The van der Waals surface area contributed by atoms with E-state index < -0.39 is 11.7 Å². The van der Waals surface area contributed by atoms with Crippen LogP contribution in [0.4, 0.5) is 4.39 Å². The van der Waals surface area contributed by atoms with Crippen molar-refractivity contribution >= 4 is 5.91 Å². The first-order valence-electron chi connectivity index (χ1n) is 10.6. The molecule has 1 unspecified atom stereocenters. The van der Waals surface area contributed by atoms with Crippen LogP contribution in [-0.4, -0.2) is 17.4 Å². The Kier molecular flexibility index (Phi) is 6.05. The monoisotopic (exact) mass is 418 g/mol. The third kappa shape index (κ3) is 4.78. The predicted molar refractivity (Wildman–Crippen MR) is 120 cm³/mol. The quantitative estimate of drug-likeness (QED) is 0.561. The molecule has 0 radical (unpaired) electrons. The number of ether oxygens (including phenoxy) is 1. The fraction of sp³-hybridized carbons (Fsp3) is 0.269. The predicted octanol–water partition coefficient (Wildman–Crippen LogP) is 5.67. The van der Waals surface area contributed by atoms with Crippen LogP contribution in [0.25, 0.3) is 0 Å². The minimum absolute atomic E-state index is 0.0153. The molecule has 1 heterocycles. The van der Waals surface area contributed by atoms with Crippen LogP contribution in [0.1, 0.15) is 51.5 Å². The summed E-state index contributed by atoms with van der Waals surface area (Å²) in [5.41, 5.74) is 10.2. The third-order valence-electron chi connectivity index (χ3n) is 5.76. The summed E-state index contributed by atoms with van der Waals surface area (Å²) in [6.45, 7) is 6.22. The van der Waals surface area contributed by atoms with Crippen molar-refractivity contribution < 1.29 is 13.9 Å². The van der Waals surface area contributed by atoms with Crippen LogP contribution >= 0.6 is 0 Å². The smallest absolute Gasteiger partial charge is 0.251 e. The molecule has 31 heavy (non-hydrogen) atoms. The molecule has 4 rings (SSSR count). The number of nitrogens with zero attached hydrogens (tertiary/aromatic N) is 1. The number of likely N-dealkylation sites (tertiary alicyclic amines) is 1. The van der Waals surface area contributed by atoms with Crippen molar-refractivity contribution in [2.24, 2.45) is 5.73 Å². The molecule has 3 aromatic carbocycles. The Hall–Kier alpha value is -3.18. The first kappa shape index (κ1) is 21.1. The van der Waals surface area contributed by atoms with Crippen LogP contribution in [0, 0.1) is 19.7 Å². The van der Waals surface area contributed by atoms with Gasteiger partial charge in [-0.15, -0.1) is 0 Å². The van der Waals surface area contributed by atoms with E-state index in [-0.39, 0.29) is 11.3 Å². The van der Waals surface area contributed by atoms with Crippen molar-refractivity contribution in [1.82, 2.24) is 4.90 Å². The maximum Gasteiger partial charge on any atom is 0.251 e. The molecule has 2 N–H and O–H groups in total. The summed E-state index contributed by atoms with van der Waals surface area (Å²) in [6, 6.07) is 19.3. The van der Waals surface area contributed by atoms with Gasteiger partial charge in [0.1, 0.15) is 5.75 Å². The average molecular weight is 419 g/mol. The standard InChI is InChI=1S/C26H27FN2O2/c1-17-13-18(2)15-20(14-17)23-6-4-12-29(23)16-19-8-10-21(11-9-19)31-24-7-3-5-22(25(24)27)26(28)30/h3,5,7-11,13-15,23H,4,6,12,16H2,1-2H3,(H2,28,30). The molecule has 160 valence electrons. The Bertz CT molecular complexity index is 1070. The van der Waals surface area contributed by atoms with Crippen molar-refractivity contribution in [2.45, 2.75) is 39.3 Å².